The fourth-order valence-corrected chi connectivity index (χ4v) is 4.76. The van der Waals surface area contributed by atoms with Gasteiger partial charge in [-0.1, -0.05) is 26.7 Å². The number of guanidine groups is 1. The number of nitrogens with zero attached hydrogens (tertiary/aromatic N) is 2. The highest BCUT2D eigenvalue weighted by molar-refractivity contribution is 14.0. The van der Waals surface area contributed by atoms with E-state index in [0.29, 0.717) is 12.1 Å². The number of hydrogen-bond donors (Lipinski definition) is 2. The summed E-state index contributed by atoms with van der Waals surface area (Å²) in [5.41, 5.74) is 0.0566. The molecule has 1 heterocycles. The zero-order chi connectivity index (χ0) is 17.4. The van der Waals surface area contributed by atoms with E-state index in [-0.39, 0.29) is 35.0 Å². The standard InChI is InChI=1S/C19H36N4O.HI/c1-18(2)16(12-19(18,3)24-5)22-17(20-4)21-14-10-11-23(13-14)15-8-6-7-9-15;/h14-16H,6-13H2,1-5H3,(H2,20,21,22);1H. The third kappa shape index (κ3) is 4.10. The minimum absolute atomic E-state index is 0. The van der Waals surface area contributed by atoms with Crippen LogP contribution in [0.2, 0.25) is 0 Å². The average molecular weight is 464 g/mol. The summed E-state index contributed by atoms with van der Waals surface area (Å²) in [6.07, 6.45) is 7.86. The molecule has 3 aliphatic rings. The lowest BCUT2D eigenvalue weighted by Crippen LogP contribution is -2.69. The molecule has 3 atom stereocenters. The molecule has 0 aromatic rings. The summed E-state index contributed by atoms with van der Waals surface area (Å²) < 4.78 is 5.73. The van der Waals surface area contributed by atoms with E-state index in [4.69, 9.17) is 4.74 Å². The van der Waals surface area contributed by atoms with Gasteiger partial charge in [-0.3, -0.25) is 9.89 Å². The first-order chi connectivity index (χ1) is 11.4. The van der Waals surface area contributed by atoms with Crippen LogP contribution in [0.5, 0.6) is 0 Å². The second-order valence-corrected chi connectivity index (χ2v) is 8.69. The first-order valence-electron chi connectivity index (χ1n) is 9.68. The zero-order valence-electron chi connectivity index (χ0n) is 16.6. The number of hydrogen-bond acceptors (Lipinski definition) is 3. The van der Waals surface area contributed by atoms with Gasteiger partial charge in [0.1, 0.15) is 0 Å². The summed E-state index contributed by atoms with van der Waals surface area (Å²) in [5, 5.41) is 7.29. The lowest BCUT2D eigenvalue weighted by atomic mass is 9.56. The Bertz CT molecular complexity index is 478. The predicted octanol–water partition coefficient (Wildman–Crippen LogP) is 2.99. The molecular weight excluding hydrogens is 427 g/mol. The smallest absolute Gasteiger partial charge is 0.191 e. The first kappa shape index (κ1) is 21.2. The van der Waals surface area contributed by atoms with Gasteiger partial charge in [-0.05, 0) is 32.6 Å². The van der Waals surface area contributed by atoms with Crippen LogP contribution in [0.4, 0.5) is 0 Å². The summed E-state index contributed by atoms with van der Waals surface area (Å²) in [6.45, 7) is 9.16. The fraction of sp³-hybridized carbons (Fsp3) is 0.947. The van der Waals surface area contributed by atoms with E-state index in [1.807, 2.05) is 14.2 Å². The first-order valence-corrected chi connectivity index (χ1v) is 9.68. The van der Waals surface area contributed by atoms with Gasteiger partial charge in [0, 0.05) is 50.8 Å². The molecule has 0 aromatic heterocycles. The summed E-state index contributed by atoms with van der Waals surface area (Å²) in [6, 6.07) is 1.76. The normalized spacial score (nSPS) is 36.0. The van der Waals surface area contributed by atoms with Crippen LogP contribution in [-0.2, 0) is 4.74 Å². The van der Waals surface area contributed by atoms with Crippen molar-refractivity contribution in [3.05, 3.63) is 0 Å². The minimum Gasteiger partial charge on any atom is -0.378 e. The molecule has 3 unspecified atom stereocenters. The van der Waals surface area contributed by atoms with Crippen molar-refractivity contribution in [1.29, 1.82) is 0 Å². The van der Waals surface area contributed by atoms with Gasteiger partial charge in [0.15, 0.2) is 5.96 Å². The van der Waals surface area contributed by atoms with Gasteiger partial charge in [0.2, 0.25) is 0 Å². The molecule has 3 fully saturated rings. The van der Waals surface area contributed by atoms with Crippen molar-refractivity contribution < 1.29 is 4.74 Å². The highest BCUT2D eigenvalue weighted by atomic mass is 127. The van der Waals surface area contributed by atoms with E-state index in [2.05, 4.69) is 41.3 Å². The summed E-state index contributed by atoms with van der Waals surface area (Å²) in [5.74, 6) is 0.949. The number of rotatable bonds is 4. The maximum atomic E-state index is 5.73. The molecule has 2 saturated carbocycles. The van der Waals surface area contributed by atoms with Crippen LogP contribution >= 0.6 is 24.0 Å². The number of likely N-dealkylation sites (tertiary alicyclic amines) is 1. The second-order valence-electron chi connectivity index (χ2n) is 8.69. The number of nitrogens with one attached hydrogen (secondary N) is 2. The molecule has 0 aromatic carbocycles. The van der Waals surface area contributed by atoms with Gasteiger partial charge in [0.05, 0.1) is 5.60 Å². The molecule has 1 saturated heterocycles. The molecule has 6 heteroatoms. The van der Waals surface area contributed by atoms with Crippen LogP contribution in [0.1, 0.15) is 59.3 Å². The van der Waals surface area contributed by atoms with Crippen molar-refractivity contribution in [1.82, 2.24) is 15.5 Å². The molecule has 146 valence electrons. The van der Waals surface area contributed by atoms with Crippen LogP contribution in [0.3, 0.4) is 0 Å². The van der Waals surface area contributed by atoms with Crippen molar-refractivity contribution in [3.63, 3.8) is 0 Å². The highest BCUT2D eigenvalue weighted by Crippen LogP contribution is 2.51. The van der Waals surface area contributed by atoms with Crippen molar-refractivity contribution in [2.75, 3.05) is 27.2 Å². The number of ether oxygens (including phenoxy) is 1. The third-order valence-electron chi connectivity index (χ3n) is 7.21. The third-order valence-corrected chi connectivity index (χ3v) is 7.21. The Morgan fingerprint density at radius 1 is 1.12 bits per heavy atom. The molecule has 0 radical (unpaired) electrons. The van der Waals surface area contributed by atoms with Crippen LogP contribution in [-0.4, -0.2) is 61.8 Å². The average Bonchev–Trinajstić information content (AvgIpc) is 3.24. The van der Waals surface area contributed by atoms with Gasteiger partial charge in [-0.25, -0.2) is 0 Å². The Morgan fingerprint density at radius 2 is 1.80 bits per heavy atom. The Hall–Kier alpha value is -0.0800. The van der Waals surface area contributed by atoms with Crippen LogP contribution in [0, 0.1) is 5.41 Å². The Labute approximate surface area is 170 Å². The molecule has 5 nitrogen and oxygen atoms in total. The monoisotopic (exact) mass is 464 g/mol. The van der Waals surface area contributed by atoms with Gasteiger partial charge < -0.3 is 15.4 Å². The molecule has 3 rings (SSSR count). The van der Waals surface area contributed by atoms with Crippen LogP contribution < -0.4 is 10.6 Å². The number of halogens is 1. The molecule has 0 bridgehead atoms. The largest absolute Gasteiger partial charge is 0.378 e. The summed E-state index contributed by atoms with van der Waals surface area (Å²) in [4.78, 5) is 7.16. The van der Waals surface area contributed by atoms with Gasteiger partial charge in [0.25, 0.3) is 0 Å². The SMILES string of the molecule is CN=C(NC1CCN(C2CCCC2)C1)NC1CC(C)(OC)C1(C)C.I. The van der Waals surface area contributed by atoms with E-state index in [1.165, 1.54) is 38.6 Å². The van der Waals surface area contributed by atoms with E-state index in [1.54, 1.807) is 0 Å². The van der Waals surface area contributed by atoms with Gasteiger partial charge in [-0.2, -0.15) is 0 Å². The topological polar surface area (TPSA) is 48.9 Å². The predicted molar refractivity (Wildman–Crippen MR) is 115 cm³/mol. The molecular formula is C19H37IN4O. The van der Waals surface area contributed by atoms with E-state index < -0.39 is 0 Å². The zero-order valence-corrected chi connectivity index (χ0v) is 18.9. The summed E-state index contributed by atoms with van der Waals surface area (Å²) >= 11 is 0. The molecule has 25 heavy (non-hydrogen) atoms. The number of methoxy groups -OCH3 is 1. The Kier molecular flexibility index (Phi) is 7.04. The van der Waals surface area contributed by atoms with Crippen LogP contribution in [0.25, 0.3) is 0 Å². The minimum atomic E-state index is -0.0455. The lowest BCUT2D eigenvalue weighted by Gasteiger charge is -2.59. The Morgan fingerprint density at radius 3 is 2.36 bits per heavy atom. The second kappa shape index (κ2) is 8.30. The van der Waals surface area contributed by atoms with Crippen molar-refractivity contribution >= 4 is 29.9 Å². The van der Waals surface area contributed by atoms with Gasteiger partial charge >= 0.3 is 0 Å². The fourth-order valence-electron chi connectivity index (χ4n) is 4.76. The van der Waals surface area contributed by atoms with Crippen molar-refractivity contribution in [2.24, 2.45) is 10.4 Å². The molecule has 2 N–H and O–H groups in total. The molecule has 0 spiro atoms. The van der Waals surface area contributed by atoms with Crippen molar-refractivity contribution in [2.45, 2.75) is 83.0 Å². The quantitative estimate of drug-likeness (QED) is 0.382. The molecule has 2 aliphatic carbocycles. The maximum absolute atomic E-state index is 5.73. The lowest BCUT2D eigenvalue weighted by molar-refractivity contribution is -0.176. The van der Waals surface area contributed by atoms with E-state index >= 15 is 0 Å². The highest BCUT2D eigenvalue weighted by Gasteiger charge is 2.58. The van der Waals surface area contributed by atoms with Crippen molar-refractivity contribution in [3.8, 4) is 0 Å². The van der Waals surface area contributed by atoms with Crippen LogP contribution in [0.15, 0.2) is 4.99 Å². The molecule has 0 amide bonds. The van der Waals surface area contributed by atoms with E-state index in [9.17, 15) is 0 Å². The Balaban J connectivity index is 0.00000225. The number of aliphatic imine (C=N–C) groups is 1. The maximum Gasteiger partial charge on any atom is 0.191 e. The van der Waals surface area contributed by atoms with E-state index in [0.717, 1.165) is 25.0 Å². The summed E-state index contributed by atoms with van der Waals surface area (Å²) in [7, 11) is 3.70. The molecule has 1 aliphatic heterocycles. The van der Waals surface area contributed by atoms with Gasteiger partial charge in [-0.15, -0.1) is 24.0 Å².